The van der Waals surface area contributed by atoms with E-state index in [1.807, 2.05) is 11.3 Å². The summed E-state index contributed by atoms with van der Waals surface area (Å²) in [5, 5.41) is 21.0. The zero-order valence-corrected chi connectivity index (χ0v) is 33.9. The molecule has 13 aromatic carbocycles. The summed E-state index contributed by atoms with van der Waals surface area (Å²) in [6.07, 6.45) is 0. The van der Waals surface area contributed by atoms with E-state index in [0.29, 0.717) is 0 Å². The first kappa shape index (κ1) is 33.3. The molecule has 0 fully saturated rings. The van der Waals surface area contributed by atoms with Gasteiger partial charge in [0.05, 0.1) is 0 Å². The van der Waals surface area contributed by atoms with E-state index in [4.69, 9.17) is 0 Å². The van der Waals surface area contributed by atoms with Crippen molar-refractivity contribution in [1.82, 2.24) is 0 Å². The number of hydrogen-bond acceptors (Lipinski definition) is 1. The highest BCUT2D eigenvalue weighted by Gasteiger charge is 2.18. The van der Waals surface area contributed by atoms with Crippen molar-refractivity contribution >= 4 is 107 Å². The second-order valence-electron chi connectivity index (χ2n) is 16.7. The molecule has 0 bridgehead atoms. The molecule has 280 valence electrons. The summed E-state index contributed by atoms with van der Waals surface area (Å²) in [6, 6.07) is 77.6. The van der Waals surface area contributed by atoms with Gasteiger partial charge >= 0.3 is 0 Å². The Morgan fingerprint density at radius 1 is 0.213 bits per heavy atom. The number of thiophene rings is 1. The Hall–Kier alpha value is -7.58. The first-order valence-corrected chi connectivity index (χ1v) is 22.0. The minimum atomic E-state index is 1.23. The van der Waals surface area contributed by atoms with Gasteiger partial charge in [-0.2, -0.15) is 0 Å². The van der Waals surface area contributed by atoms with E-state index in [1.54, 1.807) is 0 Å². The van der Waals surface area contributed by atoms with E-state index in [2.05, 4.69) is 206 Å². The van der Waals surface area contributed by atoms with Gasteiger partial charge in [-0.25, -0.2) is 0 Å². The van der Waals surface area contributed by atoms with Crippen LogP contribution in [0.4, 0.5) is 0 Å². The molecule has 0 aliphatic carbocycles. The molecule has 0 saturated heterocycles. The van der Waals surface area contributed by atoms with Crippen LogP contribution >= 0.6 is 11.3 Å². The summed E-state index contributed by atoms with van der Waals surface area (Å²) < 4.78 is 2.63. The van der Waals surface area contributed by atoms with Gasteiger partial charge in [-0.1, -0.05) is 182 Å². The monoisotopic (exact) mass is 786 g/mol. The van der Waals surface area contributed by atoms with Crippen LogP contribution in [0.25, 0.3) is 140 Å². The first-order chi connectivity index (χ1) is 30.2. The molecule has 0 unspecified atom stereocenters. The highest BCUT2D eigenvalue weighted by molar-refractivity contribution is 7.25. The summed E-state index contributed by atoms with van der Waals surface area (Å²) in [4.78, 5) is 0. The van der Waals surface area contributed by atoms with Crippen molar-refractivity contribution in [3.05, 3.63) is 206 Å². The van der Waals surface area contributed by atoms with E-state index < -0.39 is 0 Å². The maximum absolute atomic E-state index is 2.43. The Morgan fingerprint density at radius 2 is 0.639 bits per heavy atom. The van der Waals surface area contributed by atoms with Crippen LogP contribution in [0.2, 0.25) is 0 Å². The van der Waals surface area contributed by atoms with Crippen LogP contribution in [0, 0.1) is 0 Å². The van der Waals surface area contributed by atoms with Crippen molar-refractivity contribution in [2.45, 2.75) is 0 Å². The first-order valence-electron chi connectivity index (χ1n) is 21.1. The normalized spacial score (nSPS) is 12.3. The van der Waals surface area contributed by atoms with Gasteiger partial charge in [0.15, 0.2) is 0 Å². The van der Waals surface area contributed by atoms with Crippen LogP contribution in [-0.4, -0.2) is 0 Å². The molecule has 0 aliphatic rings. The maximum Gasteiger partial charge on any atom is 0.0355 e. The third-order valence-corrected chi connectivity index (χ3v) is 14.7. The SMILES string of the molecule is c1ccc2c(-c3ccc4ccc5c(-c6ccc7sc8ccc(-c9ccc(-c%10ccc%11ccc%12cccc%13ccc%10c%11c%12%13)cc9)cc8c7c6)ccc6ccc3c4c65)cccc2c1. The third-order valence-electron chi connectivity index (χ3n) is 13.6. The van der Waals surface area contributed by atoms with E-state index in [0.717, 1.165) is 0 Å². The largest absolute Gasteiger partial charge is 0.135 e. The lowest BCUT2D eigenvalue weighted by Crippen LogP contribution is -1.90. The Bertz CT molecular complexity index is 4070. The smallest absolute Gasteiger partial charge is 0.0355 e. The van der Waals surface area contributed by atoms with Gasteiger partial charge in [0.25, 0.3) is 0 Å². The predicted molar refractivity (Wildman–Crippen MR) is 266 cm³/mol. The van der Waals surface area contributed by atoms with Gasteiger partial charge in [-0.15, -0.1) is 11.3 Å². The molecule has 1 heterocycles. The highest BCUT2D eigenvalue weighted by atomic mass is 32.1. The Morgan fingerprint density at radius 3 is 1.33 bits per heavy atom. The summed E-state index contributed by atoms with van der Waals surface area (Å²) >= 11 is 1.88. The number of hydrogen-bond donors (Lipinski definition) is 0. The van der Waals surface area contributed by atoms with E-state index >= 15 is 0 Å². The molecule has 0 aliphatic heterocycles. The second kappa shape index (κ2) is 12.5. The average Bonchev–Trinajstić information content (AvgIpc) is 3.69. The van der Waals surface area contributed by atoms with Gasteiger partial charge < -0.3 is 0 Å². The summed E-state index contributed by atoms with van der Waals surface area (Å²) in [5.74, 6) is 0. The lowest BCUT2D eigenvalue weighted by atomic mass is 9.86. The zero-order valence-electron chi connectivity index (χ0n) is 33.0. The summed E-state index contributed by atoms with van der Waals surface area (Å²) in [6.45, 7) is 0. The van der Waals surface area contributed by atoms with Gasteiger partial charge in [-0.3, -0.25) is 0 Å². The van der Waals surface area contributed by atoms with Crippen molar-refractivity contribution in [1.29, 1.82) is 0 Å². The molecule has 0 spiro atoms. The second-order valence-corrected chi connectivity index (χ2v) is 17.8. The number of benzene rings is 13. The molecule has 14 rings (SSSR count). The number of rotatable bonds is 4. The Kier molecular flexibility index (Phi) is 6.80. The number of fused-ring (bicyclic) bond motifs is 4. The molecule has 0 nitrogen and oxygen atoms in total. The Balaban J connectivity index is 0.871. The van der Waals surface area contributed by atoms with Crippen molar-refractivity contribution in [3.63, 3.8) is 0 Å². The molecule has 0 radical (unpaired) electrons. The minimum absolute atomic E-state index is 1.23. The topological polar surface area (TPSA) is 0 Å². The van der Waals surface area contributed by atoms with Gasteiger partial charge in [-0.05, 0) is 144 Å². The van der Waals surface area contributed by atoms with Crippen molar-refractivity contribution < 1.29 is 0 Å². The van der Waals surface area contributed by atoms with E-state index in [1.165, 1.54) is 140 Å². The maximum atomic E-state index is 2.43. The molecule has 0 N–H and O–H groups in total. The standard InChI is InChI=1S/C60H34S/c1-2-9-45-36(5-1)6-4-10-48(45)49-27-19-42-21-29-51-47(26-18-41-22-30-52(49)60(42)59(41)51)44-24-32-56-54(34-44)53-33-43(23-31-55(53)61-56)35-11-13-37(14-12-35)46-25-17-40-16-15-38-7-3-8-39-20-28-50(46)58(40)57(38)39/h1-34H. The molecule has 1 aromatic heterocycles. The zero-order chi connectivity index (χ0) is 39.8. The average molecular weight is 787 g/mol. The van der Waals surface area contributed by atoms with Crippen LogP contribution in [0.1, 0.15) is 0 Å². The molecular formula is C60H34S. The van der Waals surface area contributed by atoms with Crippen molar-refractivity contribution in [3.8, 4) is 44.5 Å². The quantitative estimate of drug-likeness (QED) is 0.156. The van der Waals surface area contributed by atoms with Gasteiger partial charge in [0.1, 0.15) is 0 Å². The predicted octanol–water partition coefficient (Wildman–Crippen LogP) is 17.7. The van der Waals surface area contributed by atoms with Crippen LogP contribution in [0.5, 0.6) is 0 Å². The van der Waals surface area contributed by atoms with Gasteiger partial charge in [0, 0.05) is 20.2 Å². The Labute approximate surface area is 355 Å². The van der Waals surface area contributed by atoms with Gasteiger partial charge in [0.2, 0.25) is 0 Å². The van der Waals surface area contributed by atoms with Crippen LogP contribution < -0.4 is 0 Å². The fourth-order valence-electron chi connectivity index (χ4n) is 10.7. The third kappa shape index (κ3) is 4.81. The van der Waals surface area contributed by atoms with Crippen LogP contribution in [0.15, 0.2) is 206 Å². The molecule has 0 saturated carbocycles. The molecular weight excluding hydrogens is 753 g/mol. The summed E-state index contributed by atoms with van der Waals surface area (Å²) in [7, 11) is 0. The lowest BCUT2D eigenvalue weighted by Gasteiger charge is -2.17. The molecule has 61 heavy (non-hydrogen) atoms. The van der Waals surface area contributed by atoms with Crippen molar-refractivity contribution in [2.24, 2.45) is 0 Å². The fourth-order valence-corrected chi connectivity index (χ4v) is 11.8. The highest BCUT2D eigenvalue weighted by Crippen LogP contribution is 2.46. The lowest BCUT2D eigenvalue weighted by molar-refractivity contribution is 1.63. The minimum Gasteiger partial charge on any atom is -0.135 e. The van der Waals surface area contributed by atoms with Crippen LogP contribution in [-0.2, 0) is 0 Å². The van der Waals surface area contributed by atoms with Crippen LogP contribution in [0.3, 0.4) is 0 Å². The fraction of sp³-hybridized carbons (Fsp3) is 0. The molecule has 1 heteroatoms. The molecule has 14 aromatic rings. The molecule has 0 amide bonds. The van der Waals surface area contributed by atoms with E-state index in [9.17, 15) is 0 Å². The summed E-state index contributed by atoms with van der Waals surface area (Å²) in [5.41, 5.74) is 10.1. The molecule has 0 atom stereocenters. The van der Waals surface area contributed by atoms with Crippen molar-refractivity contribution in [2.75, 3.05) is 0 Å². The van der Waals surface area contributed by atoms with E-state index in [-0.39, 0.29) is 0 Å².